The van der Waals surface area contributed by atoms with Crippen LogP contribution in [0.4, 0.5) is 0 Å². The monoisotopic (exact) mass is 332 g/mol. The first-order valence-corrected chi connectivity index (χ1v) is 8.57. The minimum atomic E-state index is 0.143. The summed E-state index contributed by atoms with van der Waals surface area (Å²) in [7, 11) is 0. The molecule has 0 amide bonds. The zero-order valence-corrected chi connectivity index (χ0v) is 13.6. The quantitative estimate of drug-likeness (QED) is 0.595. The predicted octanol–water partition coefficient (Wildman–Crippen LogP) is 6.09. The Morgan fingerprint density at radius 2 is 1.75 bits per heavy atom. The van der Waals surface area contributed by atoms with E-state index >= 15 is 0 Å². The highest BCUT2D eigenvalue weighted by molar-refractivity contribution is 6.42. The van der Waals surface area contributed by atoms with E-state index in [2.05, 4.69) is 0 Å². The molecule has 1 spiro atoms. The van der Waals surface area contributed by atoms with Crippen molar-refractivity contribution in [1.29, 1.82) is 0 Å². The Balaban J connectivity index is 1.78. The fraction of sp³-hybridized carbons (Fsp3) is 0.625. The van der Waals surface area contributed by atoms with Crippen LogP contribution in [0.25, 0.3) is 0 Å². The summed E-state index contributed by atoms with van der Waals surface area (Å²) in [6, 6.07) is 5.55. The molecule has 0 aliphatic heterocycles. The summed E-state index contributed by atoms with van der Waals surface area (Å²) in [6.07, 6.45) is 8.57. The van der Waals surface area contributed by atoms with Crippen molar-refractivity contribution >= 4 is 34.8 Å². The molecule has 1 aromatic carbocycles. The number of alkyl halides is 1. The lowest BCUT2D eigenvalue weighted by Crippen LogP contribution is -2.57. The van der Waals surface area contributed by atoms with Crippen LogP contribution in [0.1, 0.15) is 44.9 Å². The van der Waals surface area contributed by atoms with Gasteiger partial charge in [0.15, 0.2) is 0 Å². The molecule has 3 rings (SSSR count). The number of hydrogen-bond acceptors (Lipinski definition) is 1. The van der Waals surface area contributed by atoms with Crippen LogP contribution in [0, 0.1) is 5.41 Å². The Bertz CT molecular complexity index is 481. The van der Waals surface area contributed by atoms with Gasteiger partial charge in [-0.3, -0.25) is 0 Å². The van der Waals surface area contributed by atoms with Gasteiger partial charge >= 0.3 is 0 Å². The van der Waals surface area contributed by atoms with E-state index in [4.69, 9.17) is 39.5 Å². The summed E-state index contributed by atoms with van der Waals surface area (Å²) in [5.74, 6) is 0.691. The van der Waals surface area contributed by atoms with Crippen LogP contribution in [0.3, 0.4) is 0 Å². The highest BCUT2D eigenvalue weighted by Gasteiger charge is 2.55. The van der Waals surface area contributed by atoms with Crippen molar-refractivity contribution in [2.45, 2.75) is 56.4 Å². The maximum absolute atomic E-state index is 6.55. The number of rotatable bonds is 2. The fourth-order valence-electron chi connectivity index (χ4n) is 3.61. The third-order valence-corrected chi connectivity index (χ3v) is 6.32. The predicted molar refractivity (Wildman–Crippen MR) is 85.3 cm³/mol. The normalized spacial score (nSPS) is 28.8. The Kier molecular flexibility index (Phi) is 4.40. The molecular weight excluding hydrogens is 315 g/mol. The van der Waals surface area contributed by atoms with Crippen LogP contribution in [0.2, 0.25) is 10.0 Å². The zero-order chi connectivity index (χ0) is 14.2. The molecule has 2 atom stereocenters. The van der Waals surface area contributed by atoms with E-state index in [1.807, 2.05) is 12.1 Å². The molecule has 2 saturated carbocycles. The van der Waals surface area contributed by atoms with Gasteiger partial charge in [-0.15, -0.1) is 11.6 Å². The van der Waals surface area contributed by atoms with Crippen molar-refractivity contribution in [2.24, 2.45) is 5.41 Å². The van der Waals surface area contributed by atoms with Crippen molar-refractivity contribution in [2.75, 3.05) is 0 Å². The topological polar surface area (TPSA) is 9.23 Å². The lowest BCUT2D eigenvalue weighted by atomic mass is 9.61. The highest BCUT2D eigenvalue weighted by Crippen LogP contribution is 2.55. The fourth-order valence-corrected chi connectivity index (χ4v) is 4.47. The number of hydrogen-bond donors (Lipinski definition) is 0. The summed E-state index contributed by atoms with van der Waals surface area (Å²) in [5.41, 5.74) is 0.143. The minimum absolute atomic E-state index is 0.143. The van der Waals surface area contributed by atoms with Crippen molar-refractivity contribution in [3.05, 3.63) is 28.2 Å². The summed E-state index contributed by atoms with van der Waals surface area (Å²) >= 11 is 18.8. The van der Waals surface area contributed by atoms with Crippen LogP contribution < -0.4 is 4.74 Å². The Morgan fingerprint density at radius 3 is 2.40 bits per heavy atom. The van der Waals surface area contributed by atoms with Gasteiger partial charge in [-0.05, 0) is 25.0 Å². The smallest absolute Gasteiger partial charge is 0.139 e. The lowest BCUT2D eigenvalue weighted by molar-refractivity contribution is -0.0512. The molecule has 0 radical (unpaired) electrons. The van der Waals surface area contributed by atoms with Crippen LogP contribution in [-0.2, 0) is 0 Å². The van der Waals surface area contributed by atoms with Gasteiger partial charge < -0.3 is 4.74 Å². The van der Waals surface area contributed by atoms with Gasteiger partial charge in [0, 0.05) is 17.2 Å². The third-order valence-electron chi connectivity index (χ3n) is 4.91. The molecule has 1 nitrogen and oxygen atoms in total. The molecule has 0 bridgehead atoms. The van der Waals surface area contributed by atoms with E-state index in [9.17, 15) is 0 Å². The molecule has 4 heteroatoms. The molecule has 2 unspecified atom stereocenters. The van der Waals surface area contributed by atoms with Gasteiger partial charge in [-0.25, -0.2) is 0 Å². The van der Waals surface area contributed by atoms with Gasteiger partial charge in [-0.2, -0.15) is 0 Å². The molecule has 0 heterocycles. The Labute approximate surface area is 135 Å². The second-order valence-corrected chi connectivity index (χ2v) is 7.32. The van der Waals surface area contributed by atoms with Crippen molar-refractivity contribution < 1.29 is 4.74 Å². The second-order valence-electron chi connectivity index (χ2n) is 6.01. The zero-order valence-electron chi connectivity index (χ0n) is 11.4. The first kappa shape index (κ1) is 14.8. The average Bonchev–Trinajstić information content (AvgIpc) is 2.71. The van der Waals surface area contributed by atoms with Gasteiger partial charge in [0.1, 0.15) is 16.9 Å². The molecule has 0 saturated heterocycles. The maximum atomic E-state index is 6.55. The Hall–Kier alpha value is -0.110. The van der Waals surface area contributed by atoms with Crippen molar-refractivity contribution in [3.63, 3.8) is 0 Å². The summed E-state index contributed by atoms with van der Waals surface area (Å²) in [5, 5.41) is 1.29. The number of ether oxygens (including phenoxy) is 1. The molecular formula is C16H19Cl3O. The lowest BCUT2D eigenvalue weighted by Gasteiger charge is -2.53. The van der Waals surface area contributed by atoms with Crippen molar-refractivity contribution in [1.82, 2.24) is 0 Å². The van der Waals surface area contributed by atoms with Gasteiger partial charge in [-0.1, -0.05) is 55.0 Å². The molecule has 110 valence electrons. The molecule has 20 heavy (non-hydrogen) atoms. The molecule has 0 aromatic heterocycles. The summed E-state index contributed by atoms with van der Waals surface area (Å²) in [4.78, 5) is 0. The van der Waals surface area contributed by atoms with Crippen LogP contribution in [0.5, 0.6) is 5.75 Å². The molecule has 2 fully saturated rings. The van der Waals surface area contributed by atoms with Gasteiger partial charge in [0.25, 0.3) is 0 Å². The molecule has 0 N–H and O–H groups in total. The number of halogens is 3. The van der Waals surface area contributed by atoms with Crippen LogP contribution in [0.15, 0.2) is 18.2 Å². The van der Waals surface area contributed by atoms with Crippen LogP contribution >= 0.6 is 34.8 Å². The van der Waals surface area contributed by atoms with E-state index in [0.717, 1.165) is 6.42 Å². The minimum Gasteiger partial charge on any atom is -0.488 e. The number of benzene rings is 1. The summed E-state index contributed by atoms with van der Waals surface area (Å²) in [6.45, 7) is 0. The Morgan fingerprint density at radius 1 is 1.05 bits per heavy atom. The third kappa shape index (κ3) is 2.53. The largest absolute Gasteiger partial charge is 0.488 e. The van der Waals surface area contributed by atoms with E-state index < -0.39 is 0 Å². The van der Waals surface area contributed by atoms with E-state index in [0.29, 0.717) is 15.8 Å². The first-order chi connectivity index (χ1) is 9.63. The van der Waals surface area contributed by atoms with E-state index in [1.54, 1.807) is 6.07 Å². The molecule has 1 aromatic rings. The maximum Gasteiger partial charge on any atom is 0.139 e. The van der Waals surface area contributed by atoms with Crippen LogP contribution in [-0.4, -0.2) is 11.5 Å². The van der Waals surface area contributed by atoms with Gasteiger partial charge in [0.05, 0.1) is 5.02 Å². The SMILES string of the molecule is Clc1cccc(OC2CC(Cl)C23CCCCCC3)c1Cl. The summed E-state index contributed by atoms with van der Waals surface area (Å²) < 4.78 is 6.18. The highest BCUT2D eigenvalue weighted by atomic mass is 35.5. The van der Waals surface area contributed by atoms with Gasteiger partial charge in [0.2, 0.25) is 0 Å². The van der Waals surface area contributed by atoms with E-state index in [-0.39, 0.29) is 16.9 Å². The average molecular weight is 334 g/mol. The second kappa shape index (κ2) is 5.94. The standard InChI is InChI=1S/C16H19Cl3O/c17-11-6-5-7-12(15(11)19)20-14-10-13(18)16(14)8-3-1-2-4-9-16/h5-7,13-14H,1-4,8-10H2. The first-order valence-electron chi connectivity index (χ1n) is 7.38. The van der Waals surface area contributed by atoms with E-state index in [1.165, 1.54) is 38.5 Å². The molecule has 2 aliphatic carbocycles. The molecule has 2 aliphatic rings. The van der Waals surface area contributed by atoms with Crippen molar-refractivity contribution in [3.8, 4) is 5.75 Å².